The molecule has 1 amide bonds. The maximum Gasteiger partial charge on any atom is 0.248 e. The summed E-state index contributed by atoms with van der Waals surface area (Å²) < 4.78 is 4.58. The summed E-state index contributed by atoms with van der Waals surface area (Å²) in [6.07, 6.45) is 0. The third-order valence-electron chi connectivity index (χ3n) is 1.15. The number of amides is 1. The number of Topliss-reactive ketones (excluding diaryl/α,β-unsaturated/α-hetero) is 1. The van der Waals surface area contributed by atoms with Crippen LogP contribution < -0.4 is 5.73 Å². The van der Waals surface area contributed by atoms with Gasteiger partial charge in [-0.1, -0.05) is 0 Å². The second-order valence-corrected chi connectivity index (χ2v) is 2.23. The van der Waals surface area contributed by atoms with E-state index in [4.69, 9.17) is 5.73 Å². The van der Waals surface area contributed by atoms with Gasteiger partial charge in [-0.25, -0.2) is 0 Å². The zero-order valence-electron chi connectivity index (χ0n) is 6.38. The van der Waals surface area contributed by atoms with Crippen molar-refractivity contribution >= 4 is 21.2 Å². The lowest BCUT2D eigenvalue weighted by atomic mass is 10.2. The van der Waals surface area contributed by atoms with E-state index in [0.29, 0.717) is 0 Å². The number of ketones is 1. The number of hydrogen-bond acceptors (Lipinski definition) is 3. The summed E-state index contributed by atoms with van der Waals surface area (Å²) in [7, 11) is 1.89. The van der Waals surface area contributed by atoms with Crippen LogP contribution in [0.25, 0.3) is 0 Å². The van der Waals surface area contributed by atoms with Crippen molar-refractivity contribution < 1.29 is 14.1 Å². The third-order valence-corrected chi connectivity index (χ3v) is 1.38. The van der Waals surface area contributed by atoms with Crippen molar-refractivity contribution in [1.82, 2.24) is 0 Å². The standard InChI is InChI=1S/C6H10NO3P/c1-3(6(7)9)5(10-11)4(2)8/h11H2,1-2H3,(H2,7,9)/b5-3-. The van der Waals surface area contributed by atoms with Crippen molar-refractivity contribution in [2.45, 2.75) is 13.8 Å². The Hall–Kier alpha value is -0.890. The van der Waals surface area contributed by atoms with Crippen LogP contribution in [0.5, 0.6) is 0 Å². The SMILES string of the molecule is CC(=O)/C(OP)=C(\C)C(N)=O. The number of primary amides is 1. The summed E-state index contributed by atoms with van der Waals surface area (Å²) in [5, 5.41) is 0. The summed E-state index contributed by atoms with van der Waals surface area (Å²) in [4.78, 5) is 21.2. The molecule has 0 aliphatic heterocycles. The Morgan fingerprint density at radius 3 is 1.91 bits per heavy atom. The predicted octanol–water partition coefficient (Wildman–Crippen LogP) is 0.141. The van der Waals surface area contributed by atoms with Crippen LogP contribution in [0.4, 0.5) is 0 Å². The molecule has 62 valence electrons. The van der Waals surface area contributed by atoms with Crippen LogP contribution in [-0.2, 0) is 14.1 Å². The van der Waals surface area contributed by atoms with Crippen molar-refractivity contribution in [1.29, 1.82) is 0 Å². The highest BCUT2D eigenvalue weighted by atomic mass is 31.0. The average Bonchev–Trinajstić information content (AvgIpc) is 1.88. The van der Waals surface area contributed by atoms with Crippen LogP contribution >= 0.6 is 9.47 Å². The zero-order chi connectivity index (χ0) is 9.02. The highest BCUT2D eigenvalue weighted by molar-refractivity contribution is 7.10. The van der Waals surface area contributed by atoms with Gasteiger partial charge >= 0.3 is 0 Å². The number of nitrogens with two attached hydrogens (primary N) is 1. The average molecular weight is 175 g/mol. The van der Waals surface area contributed by atoms with Gasteiger partial charge in [0.2, 0.25) is 5.91 Å². The molecule has 0 spiro atoms. The van der Waals surface area contributed by atoms with Crippen molar-refractivity contribution in [2.24, 2.45) is 5.73 Å². The van der Waals surface area contributed by atoms with Gasteiger partial charge in [-0.05, 0) is 6.92 Å². The first-order chi connectivity index (χ1) is 5.00. The van der Waals surface area contributed by atoms with Crippen molar-refractivity contribution in [2.75, 3.05) is 0 Å². The molecular weight excluding hydrogens is 165 g/mol. The van der Waals surface area contributed by atoms with Gasteiger partial charge in [0.15, 0.2) is 11.5 Å². The molecular formula is C6H10NO3P. The molecule has 1 unspecified atom stereocenters. The van der Waals surface area contributed by atoms with Crippen LogP contribution in [0, 0.1) is 0 Å². The van der Waals surface area contributed by atoms with Gasteiger partial charge in [0.25, 0.3) is 0 Å². The topological polar surface area (TPSA) is 69.4 Å². The summed E-state index contributed by atoms with van der Waals surface area (Å²) >= 11 is 0. The number of carbonyl (C=O) groups is 2. The Balaban J connectivity index is 4.83. The maximum atomic E-state index is 10.7. The lowest BCUT2D eigenvalue weighted by Gasteiger charge is -2.03. The molecule has 0 aromatic rings. The number of allylic oxidation sites excluding steroid dienone is 1. The minimum absolute atomic E-state index is 0.0116. The fourth-order valence-corrected chi connectivity index (χ4v) is 0.890. The Labute approximate surface area is 67.1 Å². The highest BCUT2D eigenvalue weighted by Gasteiger charge is 2.11. The van der Waals surface area contributed by atoms with Crippen molar-refractivity contribution in [3.63, 3.8) is 0 Å². The highest BCUT2D eigenvalue weighted by Crippen LogP contribution is 2.09. The lowest BCUT2D eigenvalue weighted by Crippen LogP contribution is -2.16. The molecule has 4 nitrogen and oxygen atoms in total. The molecule has 0 rings (SSSR count). The van der Waals surface area contributed by atoms with E-state index in [2.05, 4.69) is 4.52 Å². The van der Waals surface area contributed by atoms with Gasteiger partial charge < -0.3 is 10.3 Å². The molecule has 0 aromatic heterocycles. The summed E-state index contributed by atoms with van der Waals surface area (Å²) in [6.45, 7) is 2.73. The first-order valence-electron chi connectivity index (χ1n) is 2.89. The van der Waals surface area contributed by atoms with Crippen LogP contribution in [0.3, 0.4) is 0 Å². The van der Waals surface area contributed by atoms with Gasteiger partial charge in [-0.3, -0.25) is 9.59 Å². The van der Waals surface area contributed by atoms with Gasteiger partial charge in [0.1, 0.15) is 0 Å². The van der Waals surface area contributed by atoms with E-state index in [0.717, 1.165) is 0 Å². The molecule has 0 saturated carbocycles. The molecule has 0 aliphatic rings. The number of rotatable bonds is 3. The molecule has 0 saturated heterocycles. The molecule has 0 fully saturated rings. The minimum atomic E-state index is -0.655. The quantitative estimate of drug-likeness (QED) is 0.377. The summed E-state index contributed by atoms with van der Waals surface area (Å²) in [5.74, 6) is -0.989. The predicted molar refractivity (Wildman–Crippen MR) is 43.4 cm³/mol. The molecule has 5 heteroatoms. The Bertz CT molecular complexity index is 222. The van der Waals surface area contributed by atoms with E-state index in [1.165, 1.54) is 13.8 Å². The molecule has 0 bridgehead atoms. The minimum Gasteiger partial charge on any atom is -0.476 e. The Morgan fingerprint density at radius 2 is 1.82 bits per heavy atom. The van der Waals surface area contributed by atoms with Gasteiger partial charge in [0, 0.05) is 6.92 Å². The van der Waals surface area contributed by atoms with Crippen LogP contribution in [-0.4, -0.2) is 11.7 Å². The zero-order valence-corrected chi connectivity index (χ0v) is 7.53. The lowest BCUT2D eigenvalue weighted by molar-refractivity contribution is -0.118. The molecule has 0 heterocycles. The van der Waals surface area contributed by atoms with E-state index >= 15 is 0 Å². The smallest absolute Gasteiger partial charge is 0.248 e. The van der Waals surface area contributed by atoms with Gasteiger partial charge in [0.05, 0.1) is 15.0 Å². The second kappa shape index (κ2) is 4.09. The van der Waals surface area contributed by atoms with Crippen LogP contribution in [0.2, 0.25) is 0 Å². The second-order valence-electron chi connectivity index (χ2n) is 1.99. The van der Waals surface area contributed by atoms with E-state index in [-0.39, 0.29) is 17.1 Å². The number of carbonyl (C=O) groups excluding carboxylic acids is 2. The molecule has 1 atom stereocenters. The van der Waals surface area contributed by atoms with Crippen molar-refractivity contribution in [3.8, 4) is 0 Å². The number of hydrogen-bond donors (Lipinski definition) is 1. The van der Waals surface area contributed by atoms with Gasteiger partial charge in [-0.15, -0.1) is 0 Å². The molecule has 0 aliphatic carbocycles. The third kappa shape index (κ3) is 2.68. The summed E-state index contributed by atoms with van der Waals surface area (Å²) in [5.41, 5.74) is 5.04. The van der Waals surface area contributed by atoms with Crippen LogP contribution in [0.15, 0.2) is 11.3 Å². The first kappa shape index (κ1) is 10.1. The van der Waals surface area contributed by atoms with Gasteiger partial charge in [-0.2, -0.15) is 0 Å². The van der Waals surface area contributed by atoms with Crippen LogP contribution in [0.1, 0.15) is 13.8 Å². The maximum absolute atomic E-state index is 10.7. The molecule has 0 radical (unpaired) electrons. The van der Waals surface area contributed by atoms with E-state index in [1.54, 1.807) is 0 Å². The Kier molecular flexibility index (Phi) is 3.76. The molecule has 0 aromatic carbocycles. The van der Waals surface area contributed by atoms with E-state index < -0.39 is 5.91 Å². The van der Waals surface area contributed by atoms with Crippen molar-refractivity contribution in [3.05, 3.63) is 11.3 Å². The monoisotopic (exact) mass is 175 g/mol. The fourth-order valence-electron chi connectivity index (χ4n) is 0.547. The first-order valence-corrected chi connectivity index (χ1v) is 3.36. The molecule has 11 heavy (non-hydrogen) atoms. The summed E-state index contributed by atoms with van der Waals surface area (Å²) in [6, 6.07) is 0. The van der Waals surface area contributed by atoms with E-state index in [1.807, 2.05) is 9.47 Å². The van der Waals surface area contributed by atoms with E-state index in [9.17, 15) is 9.59 Å². The largest absolute Gasteiger partial charge is 0.476 e. The fraction of sp³-hybridized carbons (Fsp3) is 0.333. The normalized spacial score (nSPS) is 11.9. The Morgan fingerprint density at radius 1 is 1.36 bits per heavy atom. The molecule has 2 N–H and O–H groups in total.